The van der Waals surface area contributed by atoms with Gasteiger partial charge < -0.3 is 44.4 Å². The minimum atomic E-state index is -1.50. The van der Waals surface area contributed by atoms with Crippen LogP contribution in [0.3, 0.4) is 0 Å². The van der Waals surface area contributed by atoms with Gasteiger partial charge in [-0.2, -0.15) is 0 Å². The number of likely N-dealkylation sites (N-methyl/N-ethyl adjacent to an activating group) is 2. The van der Waals surface area contributed by atoms with Gasteiger partial charge in [-0.25, -0.2) is 4.79 Å². The van der Waals surface area contributed by atoms with Crippen molar-refractivity contribution in [2.24, 2.45) is 11.8 Å². The number of epoxide rings is 1. The highest BCUT2D eigenvalue weighted by molar-refractivity contribution is 5.70. The molecule has 2 aliphatic rings. The molecule has 2 rings (SSSR count). The molecule has 0 radical (unpaired) electrons. The van der Waals surface area contributed by atoms with Gasteiger partial charge in [0.2, 0.25) is 0 Å². The molecule has 0 aromatic carbocycles. The molecule has 11 heteroatoms. The SMILES string of the molecule is CCC(O)C(C)C1OC1CC(C)(O)/C=C/C=C(\C)C1OC(=O)CC(O)CCC(C)(O)C(OC(=O)N(CC)CCN(C)C)/C=C/C1C. The fourth-order valence-electron chi connectivity index (χ4n) is 5.68. The maximum atomic E-state index is 13.1. The van der Waals surface area contributed by atoms with Crippen molar-refractivity contribution in [1.29, 1.82) is 0 Å². The Bertz CT molecular complexity index is 1070. The molecule has 0 spiro atoms. The number of hydrogen-bond donors (Lipinski definition) is 4. The first kappa shape index (κ1) is 39.9. The molecule has 0 bridgehead atoms. The Kier molecular flexibility index (Phi) is 15.4. The van der Waals surface area contributed by atoms with Crippen molar-refractivity contribution in [3.63, 3.8) is 0 Å². The van der Waals surface area contributed by atoms with Gasteiger partial charge in [-0.15, -0.1) is 0 Å². The van der Waals surface area contributed by atoms with E-state index in [4.69, 9.17) is 14.2 Å². The largest absolute Gasteiger partial charge is 0.457 e. The van der Waals surface area contributed by atoms with Crippen molar-refractivity contribution >= 4 is 12.1 Å². The van der Waals surface area contributed by atoms with Crippen LogP contribution in [0.15, 0.2) is 36.0 Å². The summed E-state index contributed by atoms with van der Waals surface area (Å²) in [6.45, 7) is 14.2. The molecule has 0 aromatic rings. The lowest BCUT2D eigenvalue weighted by Crippen LogP contribution is -2.46. The summed E-state index contributed by atoms with van der Waals surface area (Å²) in [5.41, 5.74) is -1.96. The molecule has 1 saturated heterocycles. The molecule has 2 heterocycles. The number of cyclic esters (lactones) is 1. The van der Waals surface area contributed by atoms with Crippen molar-refractivity contribution in [3.8, 4) is 0 Å². The second kappa shape index (κ2) is 17.8. The van der Waals surface area contributed by atoms with Crippen LogP contribution in [0.5, 0.6) is 0 Å². The molecule has 10 atom stereocenters. The maximum absolute atomic E-state index is 13.1. The zero-order valence-corrected chi connectivity index (χ0v) is 29.4. The predicted molar refractivity (Wildman–Crippen MR) is 177 cm³/mol. The third-order valence-electron chi connectivity index (χ3n) is 9.05. The number of aliphatic hydroxyl groups is 4. The average molecular weight is 653 g/mol. The van der Waals surface area contributed by atoms with Crippen LogP contribution in [0.4, 0.5) is 4.79 Å². The Hall–Kier alpha value is -2.28. The van der Waals surface area contributed by atoms with E-state index < -0.39 is 47.7 Å². The van der Waals surface area contributed by atoms with Crippen LogP contribution in [-0.4, -0.2) is 124 Å². The van der Waals surface area contributed by atoms with Gasteiger partial charge >= 0.3 is 12.1 Å². The molecule has 1 fully saturated rings. The molecule has 0 aromatic heterocycles. The fourth-order valence-corrected chi connectivity index (χ4v) is 5.68. The van der Waals surface area contributed by atoms with E-state index in [-0.39, 0.29) is 43.3 Å². The third kappa shape index (κ3) is 12.7. The number of hydrogen-bond acceptors (Lipinski definition) is 10. The van der Waals surface area contributed by atoms with E-state index in [9.17, 15) is 30.0 Å². The molecule has 2 aliphatic heterocycles. The first-order valence-corrected chi connectivity index (χ1v) is 16.7. The van der Waals surface area contributed by atoms with Crippen LogP contribution >= 0.6 is 0 Å². The zero-order chi connectivity index (χ0) is 34.8. The average Bonchev–Trinajstić information content (AvgIpc) is 3.73. The summed E-state index contributed by atoms with van der Waals surface area (Å²) in [4.78, 5) is 29.5. The summed E-state index contributed by atoms with van der Waals surface area (Å²) in [6, 6.07) is 0. The summed E-state index contributed by atoms with van der Waals surface area (Å²) < 4.78 is 17.4. The number of allylic oxidation sites excluding steroid dienone is 2. The van der Waals surface area contributed by atoms with Gasteiger partial charge in [0.15, 0.2) is 6.10 Å². The Labute approximate surface area is 275 Å². The van der Waals surface area contributed by atoms with E-state index in [1.54, 1.807) is 49.1 Å². The van der Waals surface area contributed by atoms with Crippen molar-refractivity contribution in [1.82, 2.24) is 9.80 Å². The van der Waals surface area contributed by atoms with Gasteiger partial charge in [-0.1, -0.05) is 45.1 Å². The lowest BCUT2D eigenvalue weighted by atomic mass is 9.88. The minimum absolute atomic E-state index is 0.0127. The normalized spacial score (nSPS) is 32.9. The van der Waals surface area contributed by atoms with E-state index in [2.05, 4.69) is 0 Å². The van der Waals surface area contributed by atoms with E-state index >= 15 is 0 Å². The first-order chi connectivity index (χ1) is 21.4. The van der Waals surface area contributed by atoms with Crippen LogP contribution in [0.1, 0.15) is 80.6 Å². The zero-order valence-electron chi connectivity index (χ0n) is 29.4. The number of esters is 1. The topological polar surface area (TPSA) is 153 Å². The van der Waals surface area contributed by atoms with Crippen LogP contribution < -0.4 is 0 Å². The van der Waals surface area contributed by atoms with Crippen LogP contribution in [0.2, 0.25) is 0 Å². The monoisotopic (exact) mass is 652 g/mol. The van der Waals surface area contributed by atoms with E-state index in [1.807, 2.05) is 53.6 Å². The summed E-state index contributed by atoms with van der Waals surface area (Å²) in [7, 11) is 3.84. The van der Waals surface area contributed by atoms with Gasteiger partial charge in [0.1, 0.15) is 11.7 Å². The van der Waals surface area contributed by atoms with Gasteiger partial charge in [0.25, 0.3) is 0 Å². The van der Waals surface area contributed by atoms with Crippen molar-refractivity contribution < 1.29 is 44.2 Å². The number of ether oxygens (including phenoxy) is 3. The molecule has 0 saturated carbocycles. The number of carbonyl (C=O) groups is 2. The fraction of sp³-hybridized carbons (Fsp3) is 0.771. The highest BCUT2D eigenvalue weighted by Gasteiger charge is 2.47. The standard InChI is InChI=1S/C35H60N2O9/c1-10-27(39)25(5)32-28(44-32)22-34(6,42)17-12-13-23(3)31-24(4)14-15-29(45-33(41)37(11-2)20-19-36(8)9)35(7,43)18-16-26(38)21-30(40)46-31/h12-15,17,24-29,31-32,38-39,42-43H,10-11,16,18-22H2,1-9H3/b15-14+,17-12+,23-13+. The van der Waals surface area contributed by atoms with E-state index in [1.165, 1.54) is 0 Å². The first-order valence-electron chi connectivity index (χ1n) is 16.7. The minimum Gasteiger partial charge on any atom is -0.457 e. The molecule has 1 amide bonds. The van der Waals surface area contributed by atoms with Crippen LogP contribution in [0.25, 0.3) is 0 Å². The molecule has 0 aliphatic carbocycles. The number of carbonyl (C=O) groups excluding carboxylic acids is 2. The maximum Gasteiger partial charge on any atom is 0.410 e. The predicted octanol–water partition coefficient (Wildman–Crippen LogP) is 3.59. The van der Waals surface area contributed by atoms with Crippen LogP contribution in [-0.2, 0) is 19.0 Å². The van der Waals surface area contributed by atoms with Crippen molar-refractivity contribution in [2.75, 3.05) is 33.7 Å². The van der Waals surface area contributed by atoms with Gasteiger partial charge in [0.05, 0.1) is 36.4 Å². The summed E-state index contributed by atoms with van der Waals surface area (Å²) in [6.07, 6.45) is 5.56. The highest BCUT2D eigenvalue weighted by Crippen LogP contribution is 2.37. The summed E-state index contributed by atoms with van der Waals surface area (Å²) in [5.74, 6) is -0.962. The van der Waals surface area contributed by atoms with E-state index in [0.717, 1.165) is 0 Å². The van der Waals surface area contributed by atoms with Crippen molar-refractivity contribution in [3.05, 3.63) is 36.0 Å². The molecular weight excluding hydrogens is 592 g/mol. The number of rotatable bonds is 13. The third-order valence-corrected chi connectivity index (χ3v) is 9.05. The molecule has 10 unspecified atom stereocenters. The second-order valence-electron chi connectivity index (χ2n) is 13.9. The lowest BCUT2D eigenvalue weighted by Gasteiger charge is -2.34. The molecule has 11 nitrogen and oxygen atoms in total. The molecule has 4 N–H and O–H groups in total. The van der Waals surface area contributed by atoms with Crippen molar-refractivity contribution in [2.45, 2.75) is 128 Å². The number of nitrogens with zero attached hydrogens (tertiary/aromatic N) is 2. The van der Waals surface area contributed by atoms with Gasteiger partial charge in [-0.3, -0.25) is 4.79 Å². The summed E-state index contributed by atoms with van der Waals surface area (Å²) in [5, 5.41) is 43.1. The van der Waals surface area contributed by atoms with Crippen LogP contribution in [0, 0.1) is 11.8 Å². The lowest BCUT2D eigenvalue weighted by molar-refractivity contribution is -0.151. The molecule has 46 heavy (non-hydrogen) atoms. The summed E-state index contributed by atoms with van der Waals surface area (Å²) >= 11 is 0. The smallest absolute Gasteiger partial charge is 0.410 e. The highest BCUT2D eigenvalue weighted by atomic mass is 16.6. The molecule has 264 valence electrons. The van der Waals surface area contributed by atoms with Gasteiger partial charge in [0, 0.05) is 37.9 Å². The second-order valence-corrected chi connectivity index (χ2v) is 13.9. The quantitative estimate of drug-likeness (QED) is 0.101. The Balaban J connectivity index is 2.24. The number of aliphatic hydroxyl groups excluding tert-OH is 2. The van der Waals surface area contributed by atoms with Gasteiger partial charge in [-0.05, 0) is 72.7 Å². The van der Waals surface area contributed by atoms with E-state index in [0.29, 0.717) is 38.0 Å². The Morgan fingerprint density at radius 3 is 2.54 bits per heavy atom. The number of amides is 1. The Morgan fingerprint density at radius 2 is 1.93 bits per heavy atom. The Morgan fingerprint density at radius 1 is 1.26 bits per heavy atom. The molecular formula is C35H60N2O9.